The molecule has 0 saturated heterocycles. The standard InChI is InChI=1S/C14H9Cl2F3/c15-9-4-5-10(13(18)7-9)11(16)6-8-2-1-3-12(17)14(8)19/h1-5,7,11H,6H2. The second-order valence-corrected chi connectivity index (χ2v) is 5.01. The largest absolute Gasteiger partial charge is 0.207 e. The average molecular weight is 305 g/mol. The summed E-state index contributed by atoms with van der Waals surface area (Å²) in [5.41, 5.74) is 0.309. The number of halogens is 5. The van der Waals surface area contributed by atoms with Gasteiger partial charge in [-0.15, -0.1) is 11.6 Å². The lowest BCUT2D eigenvalue weighted by atomic mass is 10.0. The highest BCUT2D eigenvalue weighted by molar-refractivity contribution is 6.30. The summed E-state index contributed by atoms with van der Waals surface area (Å²) in [6, 6.07) is 7.89. The maximum Gasteiger partial charge on any atom is 0.162 e. The molecule has 0 amide bonds. The van der Waals surface area contributed by atoms with Crippen molar-refractivity contribution in [3.05, 3.63) is 70.0 Å². The van der Waals surface area contributed by atoms with E-state index >= 15 is 0 Å². The van der Waals surface area contributed by atoms with Gasteiger partial charge in [0, 0.05) is 10.6 Å². The quantitative estimate of drug-likeness (QED) is 0.677. The molecular weight excluding hydrogens is 296 g/mol. The molecule has 0 fully saturated rings. The summed E-state index contributed by atoms with van der Waals surface area (Å²) < 4.78 is 40.2. The van der Waals surface area contributed by atoms with Crippen LogP contribution in [-0.4, -0.2) is 0 Å². The Morgan fingerprint density at radius 1 is 1.00 bits per heavy atom. The second kappa shape index (κ2) is 5.85. The Kier molecular flexibility index (Phi) is 4.38. The molecule has 0 aromatic heterocycles. The Bertz CT molecular complexity index is 599. The molecule has 1 unspecified atom stereocenters. The zero-order chi connectivity index (χ0) is 14.0. The average Bonchev–Trinajstić information content (AvgIpc) is 2.34. The van der Waals surface area contributed by atoms with Gasteiger partial charge in [-0.2, -0.15) is 0 Å². The molecule has 2 aromatic rings. The molecule has 0 bridgehead atoms. The van der Waals surface area contributed by atoms with Crippen molar-refractivity contribution >= 4 is 23.2 Å². The smallest absolute Gasteiger partial charge is 0.162 e. The minimum Gasteiger partial charge on any atom is -0.207 e. The third-order valence-electron chi connectivity index (χ3n) is 2.73. The molecule has 0 heterocycles. The third kappa shape index (κ3) is 3.23. The van der Waals surface area contributed by atoms with Gasteiger partial charge in [0.2, 0.25) is 0 Å². The van der Waals surface area contributed by atoms with Gasteiger partial charge in [0.1, 0.15) is 5.82 Å². The van der Waals surface area contributed by atoms with Crippen molar-refractivity contribution in [3.8, 4) is 0 Å². The van der Waals surface area contributed by atoms with E-state index in [-0.39, 0.29) is 22.6 Å². The monoisotopic (exact) mass is 304 g/mol. The van der Waals surface area contributed by atoms with Crippen molar-refractivity contribution < 1.29 is 13.2 Å². The molecule has 0 saturated carbocycles. The molecule has 2 rings (SSSR count). The Balaban J connectivity index is 2.25. The summed E-state index contributed by atoms with van der Waals surface area (Å²) in [6.45, 7) is 0. The topological polar surface area (TPSA) is 0 Å². The molecule has 0 aliphatic heterocycles. The minimum absolute atomic E-state index is 0.0102. The fourth-order valence-corrected chi connectivity index (χ4v) is 2.27. The first-order chi connectivity index (χ1) is 8.99. The molecule has 100 valence electrons. The molecule has 0 aliphatic carbocycles. The first-order valence-corrected chi connectivity index (χ1v) is 6.32. The van der Waals surface area contributed by atoms with E-state index in [0.29, 0.717) is 0 Å². The van der Waals surface area contributed by atoms with Crippen LogP contribution in [0.4, 0.5) is 13.2 Å². The highest BCUT2D eigenvalue weighted by Gasteiger charge is 2.17. The van der Waals surface area contributed by atoms with Crippen molar-refractivity contribution in [1.29, 1.82) is 0 Å². The van der Waals surface area contributed by atoms with Crippen LogP contribution in [0.1, 0.15) is 16.5 Å². The summed E-state index contributed by atoms with van der Waals surface area (Å²) in [7, 11) is 0. The van der Waals surface area contributed by atoms with Gasteiger partial charge >= 0.3 is 0 Å². The zero-order valence-corrected chi connectivity index (χ0v) is 11.2. The van der Waals surface area contributed by atoms with E-state index in [2.05, 4.69) is 0 Å². The number of rotatable bonds is 3. The van der Waals surface area contributed by atoms with Gasteiger partial charge in [0.25, 0.3) is 0 Å². The van der Waals surface area contributed by atoms with Crippen molar-refractivity contribution in [2.75, 3.05) is 0 Å². The molecule has 19 heavy (non-hydrogen) atoms. The minimum atomic E-state index is -0.956. The second-order valence-electron chi connectivity index (χ2n) is 4.05. The van der Waals surface area contributed by atoms with Crippen LogP contribution >= 0.6 is 23.2 Å². The van der Waals surface area contributed by atoms with E-state index in [1.165, 1.54) is 24.3 Å². The van der Waals surface area contributed by atoms with E-state index < -0.39 is 22.8 Å². The number of benzene rings is 2. The van der Waals surface area contributed by atoms with Crippen molar-refractivity contribution in [1.82, 2.24) is 0 Å². The van der Waals surface area contributed by atoms with Gasteiger partial charge in [0.15, 0.2) is 11.6 Å². The van der Waals surface area contributed by atoms with E-state index in [1.807, 2.05) is 0 Å². The van der Waals surface area contributed by atoms with Gasteiger partial charge < -0.3 is 0 Å². The Labute approximate surface area is 118 Å². The molecule has 0 N–H and O–H groups in total. The molecule has 5 heteroatoms. The molecule has 0 spiro atoms. The Morgan fingerprint density at radius 2 is 1.74 bits per heavy atom. The zero-order valence-electron chi connectivity index (χ0n) is 9.64. The van der Waals surface area contributed by atoms with Crippen LogP contribution in [0.25, 0.3) is 0 Å². The van der Waals surface area contributed by atoms with Gasteiger partial charge in [0.05, 0.1) is 5.38 Å². The van der Waals surface area contributed by atoms with Crippen LogP contribution in [0.15, 0.2) is 36.4 Å². The maximum atomic E-state index is 13.6. The molecule has 2 aromatic carbocycles. The first kappa shape index (κ1) is 14.2. The summed E-state index contributed by atoms with van der Waals surface area (Å²) >= 11 is 11.7. The van der Waals surface area contributed by atoms with Gasteiger partial charge in [-0.05, 0) is 30.2 Å². The van der Waals surface area contributed by atoms with Crippen molar-refractivity contribution in [3.63, 3.8) is 0 Å². The van der Waals surface area contributed by atoms with Crippen molar-refractivity contribution in [2.24, 2.45) is 0 Å². The molecule has 1 atom stereocenters. The van der Waals surface area contributed by atoms with E-state index in [0.717, 1.165) is 12.1 Å². The summed E-state index contributed by atoms with van der Waals surface area (Å²) in [4.78, 5) is 0. The number of alkyl halides is 1. The summed E-state index contributed by atoms with van der Waals surface area (Å²) in [6.07, 6.45) is -0.0102. The van der Waals surface area contributed by atoms with Crippen LogP contribution in [-0.2, 0) is 6.42 Å². The fourth-order valence-electron chi connectivity index (χ4n) is 1.76. The fraction of sp³-hybridized carbons (Fsp3) is 0.143. The van der Waals surface area contributed by atoms with Gasteiger partial charge in [-0.3, -0.25) is 0 Å². The molecular formula is C14H9Cl2F3. The Morgan fingerprint density at radius 3 is 2.42 bits per heavy atom. The number of hydrogen-bond acceptors (Lipinski definition) is 0. The van der Waals surface area contributed by atoms with Crippen LogP contribution in [0, 0.1) is 17.5 Å². The molecule has 0 nitrogen and oxygen atoms in total. The lowest BCUT2D eigenvalue weighted by Gasteiger charge is -2.12. The molecule has 0 aliphatic rings. The highest BCUT2D eigenvalue weighted by atomic mass is 35.5. The SMILES string of the molecule is Fc1cc(Cl)ccc1C(Cl)Cc1cccc(F)c1F. The predicted octanol–water partition coefficient (Wildman–Crippen LogP) is 5.28. The highest BCUT2D eigenvalue weighted by Crippen LogP contribution is 2.29. The maximum absolute atomic E-state index is 13.6. The van der Waals surface area contributed by atoms with E-state index in [9.17, 15) is 13.2 Å². The lowest BCUT2D eigenvalue weighted by molar-refractivity contribution is 0.497. The summed E-state index contributed by atoms with van der Waals surface area (Å²) in [5, 5.41) is -0.546. The summed E-state index contributed by atoms with van der Waals surface area (Å²) in [5.74, 6) is -2.47. The van der Waals surface area contributed by atoms with Gasteiger partial charge in [-0.1, -0.05) is 29.8 Å². The van der Waals surface area contributed by atoms with Crippen LogP contribution in [0.2, 0.25) is 5.02 Å². The molecule has 0 radical (unpaired) electrons. The van der Waals surface area contributed by atoms with Crippen LogP contribution < -0.4 is 0 Å². The Hall–Kier alpha value is -1.19. The normalized spacial score (nSPS) is 12.5. The predicted molar refractivity (Wildman–Crippen MR) is 70.1 cm³/mol. The first-order valence-electron chi connectivity index (χ1n) is 5.51. The van der Waals surface area contributed by atoms with Crippen molar-refractivity contribution in [2.45, 2.75) is 11.8 Å². The lowest BCUT2D eigenvalue weighted by Crippen LogP contribution is -2.02. The van der Waals surface area contributed by atoms with Crippen LogP contribution in [0.3, 0.4) is 0 Å². The third-order valence-corrected chi connectivity index (χ3v) is 3.36. The van der Waals surface area contributed by atoms with Gasteiger partial charge in [-0.25, -0.2) is 13.2 Å². The van der Waals surface area contributed by atoms with Crippen LogP contribution in [0.5, 0.6) is 0 Å². The van der Waals surface area contributed by atoms with E-state index in [1.54, 1.807) is 0 Å². The number of hydrogen-bond donors (Lipinski definition) is 0. The van der Waals surface area contributed by atoms with E-state index in [4.69, 9.17) is 23.2 Å².